The number of carbonyl (C=O) groups excluding carboxylic acids is 1. The Morgan fingerprint density at radius 1 is 1.22 bits per heavy atom. The third-order valence-electron chi connectivity index (χ3n) is 2.96. The predicted octanol–water partition coefficient (Wildman–Crippen LogP) is 3.82. The largest absolute Gasteiger partial charge is 0.469 e. The predicted molar refractivity (Wildman–Crippen MR) is 67.7 cm³/mol. The molecule has 0 amide bonds. The minimum Gasteiger partial charge on any atom is -0.469 e. The van der Waals surface area contributed by atoms with Gasteiger partial charge in [0.2, 0.25) is 5.78 Å². The average molecular weight is 240 g/mol. The van der Waals surface area contributed by atoms with E-state index in [1.165, 1.54) is 6.26 Å². The van der Waals surface area contributed by atoms with Gasteiger partial charge in [0.05, 0.1) is 11.8 Å². The molecule has 2 aromatic heterocycles. The fraction of sp³-hybridized carbons (Fsp3) is 0.133. The zero-order chi connectivity index (χ0) is 12.5. The summed E-state index contributed by atoms with van der Waals surface area (Å²) in [4.78, 5) is 12.3. The van der Waals surface area contributed by atoms with Gasteiger partial charge in [-0.2, -0.15) is 0 Å². The monoisotopic (exact) mass is 240 g/mol. The van der Waals surface area contributed by atoms with E-state index in [9.17, 15) is 4.79 Å². The van der Waals surface area contributed by atoms with Crippen LogP contribution >= 0.6 is 0 Å². The van der Waals surface area contributed by atoms with Crippen LogP contribution < -0.4 is 0 Å². The number of furan rings is 2. The number of para-hydroxylation sites is 1. The standard InChI is InChI=1S/C15H12O3/c1-2-12-11(7-8-17-12)15(16)14-9-10-5-3-4-6-13(10)18-14/h3-9H,2H2,1H3. The molecular formula is C15H12O3. The van der Waals surface area contributed by atoms with Gasteiger partial charge in [0.25, 0.3) is 0 Å². The molecule has 3 rings (SSSR count). The molecule has 0 saturated carbocycles. The molecular weight excluding hydrogens is 228 g/mol. The van der Waals surface area contributed by atoms with E-state index in [2.05, 4.69) is 0 Å². The zero-order valence-electron chi connectivity index (χ0n) is 9.97. The number of carbonyl (C=O) groups is 1. The molecule has 0 radical (unpaired) electrons. The summed E-state index contributed by atoms with van der Waals surface area (Å²) in [5.74, 6) is 0.921. The molecule has 90 valence electrons. The highest BCUT2D eigenvalue weighted by atomic mass is 16.3. The van der Waals surface area contributed by atoms with Crippen molar-refractivity contribution >= 4 is 16.8 Å². The van der Waals surface area contributed by atoms with Gasteiger partial charge in [-0.15, -0.1) is 0 Å². The smallest absolute Gasteiger partial charge is 0.231 e. The maximum absolute atomic E-state index is 12.3. The van der Waals surface area contributed by atoms with Crippen LogP contribution in [0.4, 0.5) is 0 Å². The van der Waals surface area contributed by atoms with Crippen LogP contribution in [0.2, 0.25) is 0 Å². The molecule has 3 aromatic rings. The lowest BCUT2D eigenvalue weighted by molar-refractivity contribution is 0.101. The molecule has 0 saturated heterocycles. The Kier molecular flexibility index (Phi) is 2.52. The zero-order valence-corrected chi connectivity index (χ0v) is 9.97. The topological polar surface area (TPSA) is 43.4 Å². The quantitative estimate of drug-likeness (QED) is 0.653. The van der Waals surface area contributed by atoms with E-state index in [1.54, 1.807) is 12.1 Å². The first-order valence-electron chi connectivity index (χ1n) is 5.89. The fourth-order valence-electron chi connectivity index (χ4n) is 2.04. The average Bonchev–Trinajstić information content (AvgIpc) is 3.03. The van der Waals surface area contributed by atoms with Crippen molar-refractivity contribution in [2.45, 2.75) is 13.3 Å². The number of hydrogen-bond donors (Lipinski definition) is 0. The molecule has 18 heavy (non-hydrogen) atoms. The lowest BCUT2D eigenvalue weighted by Crippen LogP contribution is -2.00. The van der Waals surface area contributed by atoms with Gasteiger partial charge in [0.1, 0.15) is 11.3 Å². The molecule has 0 aliphatic carbocycles. The van der Waals surface area contributed by atoms with E-state index >= 15 is 0 Å². The van der Waals surface area contributed by atoms with E-state index < -0.39 is 0 Å². The van der Waals surface area contributed by atoms with Gasteiger partial charge in [-0.25, -0.2) is 0 Å². The highest BCUT2D eigenvalue weighted by Crippen LogP contribution is 2.23. The van der Waals surface area contributed by atoms with Crippen LogP contribution in [0.15, 0.2) is 51.5 Å². The number of rotatable bonds is 3. The lowest BCUT2D eigenvalue weighted by atomic mass is 10.1. The van der Waals surface area contributed by atoms with E-state index in [-0.39, 0.29) is 5.78 Å². The molecule has 0 atom stereocenters. The highest BCUT2D eigenvalue weighted by Gasteiger charge is 2.19. The van der Waals surface area contributed by atoms with Crippen molar-refractivity contribution < 1.29 is 13.6 Å². The van der Waals surface area contributed by atoms with Gasteiger partial charge in [0, 0.05) is 11.8 Å². The van der Waals surface area contributed by atoms with E-state index in [0.29, 0.717) is 23.5 Å². The van der Waals surface area contributed by atoms with E-state index in [4.69, 9.17) is 8.83 Å². The summed E-state index contributed by atoms with van der Waals surface area (Å²) in [5, 5.41) is 0.933. The van der Waals surface area contributed by atoms with Gasteiger partial charge in [-0.3, -0.25) is 4.79 Å². The first kappa shape index (κ1) is 10.8. The third-order valence-corrected chi connectivity index (χ3v) is 2.96. The Morgan fingerprint density at radius 3 is 2.83 bits per heavy atom. The second-order valence-electron chi connectivity index (χ2n) is 4.09. The summed E-state index contributed by atoms with van der Waals surface area (Å²) >= 11 is 0. The minimum absolute atomic E-state index is 0.128. The van der Waals surface area contributed by atoms with Gasteiger partial charge >= 0.3 is 0 Å². The second kappa shape index (κ2) is 4.18. The van der Waals surface area contributed by atoms with Gasteiger partial charge in [-0.05, 0) is 18.2 Å². The molecule has 1 aromatic carbocycles. The number of benzene rings is 1. The molecule has 0 bridgehead atoms. The number of hydrogen-bond acceptors (Lipinski definition) is 3. The molecule has 0 aliphatic heterocycles. The van der Waals surface area contributed by atoms with E-state index in [1.807, 2.05) is 31.2 Å². The first-order chi connectivity index (χ1) is 8.79. The van der Waals surface area contributed by atoms with Crippen molar-refractivity contribution in [1.82, 2.24) is 0 Å². The molecule has 3 heteroatoms. The lowest BCUT2D eigenvalue weighted by Gasteiger charge is -1.96. The molecule has 0 spiro atoms. The molecule has 0 fully saturated rings. The SMILES string of the molecule is CCc1occc1C(=O)c1cc2ccccc2o1. The van der Waals surface area contributed by atoms with Crippen molar-refractivity contribution in [3.05, 3.63) is 59.7 Å². The summed E-state index contributed by atoms with van der Waals surface area (Å²) in [5.41, 5.74) is 1.30. The maximum Gasteiger partial charge on any atom is 0.231 e. The Hall–Kier alpha value is -2.29. The van der Waals surface area contributed by atoms with Gasteiger partial charge in [-0.1, -0.05) is 25.1 Å². The van der Waals surface area contributed by atoms with Crippen molar-refractivity contribution in [1.29, 1.82) is 0 Å². The van der Waals surface area contributed by atoms with Gasteiger partial charge in [0.15, 0.2) is 5.76 Å². The second-order valence-corrected chi connectivity index (χ2v) is 4.09. The maximum atomic E-state index is 12.3. The van der Waals surface area contributed by atoms with Crippen molar-refractivity contribution in [3.63, 3.8) is 0 Å². The van der Waals surface area contributed by atoms with Crippen LogP contribution in [0.3, 0.4) is 0 Å². The summed E-state index contributed by atoms with van der Waals surface area (Å²) in [7, 11) is 0. The summed E-state index contributed by atoms with van der Waals surface area (Å²) in [6.45, 7) is 1.95. The van der Waals surface area contributed by atoms with Crippen molar-refractivity contribution in [2.75, 3.05) is 0 Å². The highest BCUT2D eigenvalue weighted by molar-refractivity contribution is 6.09. The Bertz CT molecular complexity index is 670. The number of fused-ring (bicyclic) bond motifs is 1. The molecule has 2 heterocycles. The Balaban J connectivity index is 2.06. The van der Waals surface area contributed by atoms with E-state index in [0.717, 1.165) is 11.0 Å². The molecule has 0 aliphatic rings. The van der Waals surface area contributed by atoms with Crippen LogP contribution in [0.1, 0.15) is 28.8 Å². The van der Waals surface area contributed by atoms with Crippen molar-refractivity contribution in [3.8, 4) is 0 Å². The van der Waals surface area contributed by atoms with Crippen molar-refractivity contribution in [2.24, 2.45) is 0 Å². The molecule has 0 unspecified atom stereocenters. The van der Waals surface area contributed by atoms with Crippen LogP contribution in [-0.4, -0.2) is 5.78 Å². The molecule has 3 nitrogen and oxygen atoms in total. The minimum atomic E-state index is -0.128. The fourth-order valence-corrected chi connectivity index (χ4v) is 2.04. The van der Waals surface area contributed by atoms with Gasteiger partial charge < -0.3 is 8.83 Å². The first-order valence-corrected chi connectivity index (χ1v) is 5.89. The summed E-state index contributed by atoms with van der Waals surface area (Å²) in [6, 6.07) is 11.0. The van der Waals surface area contributed by atoms with Crippen LogP contribution in [0, 0.1) is 0 Å². The summed E-state index contributed by atoms with van der Waals surface area (Å²) in [6.07, 6.45) is 2.23. The Labute approximate surface area is 104 Å². The molecule has 0 N–H and O–H groups in total. The number of ketones is 1. The normalized spacial score (nSPS) is 10.9. The van der Waals surface area contributed by atoms with Crippen LogP contribution in [0.25, 0.3) is 11.0 Å². The Morgan fingerprint density at radius 2 is 2.06 bits per heavy atom. The number of aryl methyl sites for hydroxylation is 1. The summed E-state index contributed by atoms with van der Waals surface area (Å²) < 4.78 is 10.8. The van der Waals surface area contributed by atoms with Crippen LogP contribution in [0.5, 0.6) is 0 Å². The third kappa shape index (κ3) is 1.64. The van der Waals surface area contributed by atoms with Crippen LogP contribution in [-0.2, 0) is 6.42 Å².